The Labute approximate surface area is 133 Å². The zero-order valence-electron chi connectivity index (χ0n) is 12.1. The third-order valence-electron chi connectivity index (χ3n) is 4.28. The van der Waals surface area contributed by atoms with Gasteiger partial charge in [-0.15, -0.1) is 4.41 Å². The van der Waals surface area contributed by atoms with Crippen LogP contribution in [-0.4, -0.2) is 24.6 Å². The van der Waals surface area contributed by atoms with E-state index in [-0.39, 0.29) is 22.4 Å². The molecule has 0 spiro atoms. The van der Waals surface area contributed by atoms with Crippen LogP contribution in [0.3, 0.4) is 0 Å². The summed E-state index contributed by atoms with van der Waals surface area (Å²) in [5.41, 5.74) is 2.53. The van der Waals surface area contributed by atoms with Gasteiger partial charge in [-0.25, -0.2) is 8.42 Å². The molecule has 2 aromatic carbocycles. The maximum Gasteiger partial charge on any atom is 0.262 e. The van der Waals surface area contributed by atoms with Gasteiger partial charge < -0.3 is 10.4 Å². The van der Waals surface area contributed by atoms with Crippen molar-refractivity contribution >= 4 is 21.4 Å². The van der Waals surface area contributed by atoms with Crippen LogP contribution < -0.4 is 10.2 Å². The number of hydrogen-bond acceptors (Lipinski definition) is 6. The van der Waals surface area contributed by atoms with E-state index in [0.717, 1.165) is 17.5 Å². The molecule has 23 heavy (non-hydrogen) atoms. The molecule has 0 fully saturated rings. The first-order valence-electron chi connectivity index (χ1n) is 7.15. The monoisotopic (exact) mass is 332 g/mol. The Bertz CT molecular complexity index is 882. The fourth-order valence-electron chi connectivity index (χ4n) is 3.14. The number of anilines is 2. The molecule has 1 N–H and O–H groups in total. The van der Waals surface area contributed by atoms with E-state index in [0.29, 0.717) is 12.2 Å². The van der Waals surface area contributed by atoms with Crippen molar-refractivity contribution in [2.45, 2.75) is 17.9 Å². The number of fused-ring (bicyclic) bond motifs is 4. The van der Waals surface area contributed by atoms with E-state index in [2.05, 4.69) is 0 Å². The van der Waals surface area contributed by atoms with Gasteiger partial charge in [-0.2, -0.15) is 0 Å². The van der Waals surface area contributed by atoms with Gasteiger partial charge in [0.05, 0.1) is 17.9 Å². The van der Waals surface area contributed by atoms with E-state index in [1.807, 2.05) is 24.3 Å². The minimum Gasteiger partial charge on any atom is -0.733 e. The molecule has 2 aliphatic rings. The molecule has 2 aromatic rings. The Hall–Kier alpha value is -2.13. The van der Waals surface area contributed by atoms with Gasteiger partial charge in [-0.3, -0.25) is 10.2 Å². The Kier molecular flexibility index (Phi) is 3.10. The molecule has 8 heteroatoms. The van der Waals surface area contributed by atoms with Crippen LogP contribution in [0.15, 0.2) is 47.4 Å². The zero-order valence-corrected chi connectivity index (χ0v) is 12.9. The van der Waals surface area contributed by atoms with Crippen LogP contribution in [-0.2, 0) is 23.0 Å². The van der Waals surface area contributed by atoms with E-state index < -0.39 is 10.0 Å². The molecule has 0 atom stereocenters. The lowest BCUT2D eigenvalue weighted by atomic mass is 10.1. The molecule has 0 saturated heterocycles. The van der Waals surface area contributed by atoms with E-state index in [9.17, 15) is 13.6 Å². The molecular weight excluding hydrogens is 318 g/mol. The van der Waals surface area contributed by atoms with Crippen molar-refractivity contribution in [1.82, 2.24) is 4.41 Å². The van der Waals surface area contributed by atoms with Crippen LogP contribution >= 0.6 is 0 Å². The quantitative estimate of drug-likeness (QED) is 0.802. The number of benzene rings is 2. The van der Waals surface area contributed by atoms with Crippen molar-refractivity contribution in [2.24, 2.45) is 0 Å². The SMILES string of the molecule is O=S1(=O)c2cc(N([O-])O)ccc2N2CCc3ccccc3CN21. The Balaban J connectivity index is 1.83. The molecule has 0 aliphatic carbocycles. The Morgan fingerprint density at radius 3 is 2.61 bits per heavy atom. The highest BCUT2D eigenvalue weighted by Crippen LogP contribution is 2.41. The minimum atomic E-state index is -3.75. The van der Waals surface area contributed by atoms with Crippen LogP contribution in [0.25, 0.3) is 0 Å². The molecule has 2 heterocycles. The summed E-state index contributed by atoms with van der Waals surface area (Å²) >= 11 is 0. The molecule has 0 saturated carbocycles. The molecule has 0 radical (unpaired) electrons. The maximum absolute atomic E-state index is 12.8. The van der Waals surface area contributed by atoms with Crippen LogP contribution in [0.1, 0.15) is 11.1 Å². The van der Waals surface area contributed by atoms with Crippen LogP contribution in [0.5, 0.6) is 0 Å². The van der Waals surface area contributed by atoms with Crippen molar-refractivity contribution in [3.05, 3.63) is 58.8 Å². The number of rotatable bonds is 1. The molecule has 0 aromatic heterocycles. The van der Waals surface area contributed by atoms with Gasteiger partial charge in [0.2, 0.25) is 0 Å². The molecule has 4 rings (SSSR count). The average Bonchev–Trinajstić information content (AvgIpc) is 2.68. The molecule has 0 unspecified atom stereocenters. The third-order valence-corrected chi connectivity index (χ3v) is 6.05. The fourth-order valence-corrected chi connectivity index (χ4v) is 4.81. The van der Waals surface area contributed by atoms with E-state index in [1.165, 1.54) is 16.5 Å². The lowest BCUT2D eigenvalue weighted by Crippen LogP contribution is -2.40. The van der Waals surface area contributed by atoms with Crippen molar-refractivity contribution in [3.63, 3.8) is 0 Å². The van der Waals surface area contributed by atoms with E-state index in [1.54, 1.807) is 11.1 Å². The van der Waals surface area contributed by atoms with E-state index >= 15 is 0 Å². The summed E-state index contributed by atoms with van der Waals surface area (Å²) in [6.45, 7) is 0.783. The first-order valence-corrected chi connectivity index (χ1v) is 8.59. The number of hydrazine groups is 1. The second kappa shape index (κ2) is 4.93. The molecule has 0 bridgehead atoms. The Morgan fingerprint density at radius 2 is 1.87 bits per heavy atom. The highest BCUT2D eigenvalue weighted by Gasteiger charge is 2.42. The first kappa shape index (κ1) is 14.5. The van der Waals surface area contributed by atoms with Crippen LogP contribution in [0.4, 0.5) is 11.4 Å². The lowest BCUT2D eigenvalue weighted by molar-refractivity contribution is 0.296. The molecule has 7 nitrogen and oxygen atoms in total. The van der Waals surface area contributed by atoms with Gasteiger partial charge in [0.1, 0.15) is 4.90 Å². The third kappa shape index (κ3) is 2.11. The fraction of sp³-hybridized carbons (Fsp3) is 0.200. The van der Waals surface area contributed by atoms with Gasteiger partial charge in [0.15, 0.2) is 0 Å². The number of nitrogens with zero attached hydrogens (tertiary/aromatic N) is 3. The van der Waals surface area contributed by atoms with Gasteiger partial charge in [0.25, 0.3) is 10.0 Å². The highest BCUT2D eigenvalue weighted by atomic mass is 32.2. The zero-order chi connectivity index (χ0) is 16.2. The molecule has 2 aliphatic heterocycles. The van der Waals surface area contributed by atoms with Crippen LogP contribution in [0, 0.1) is 5.21 Å². The van der Waals surface area contributed by atoms with Crippen molar-refractivity contribution in [2.75, 3.05) is 16.8 Å². The summed E-state index contributed by atoms with van der Waals surface area (Å²) in [7, 11) is -3.75. The minimum absolute atomic E-state index is 0.0456. The topological polar surface area (TPSA) is 87.1 Å². The number of hydrogen-bond donors (Lipinski definition) is 1. The van der Waals surface area contributed by atoms with Crippen molar-refractivity contribution in [3.8, 4) is 0 Å². The van der Waals surface area contributed by atoms with Crippen LogP contribution in [0.2, 0.25) is 0 Å². The molecule has 0 amide bonds. The number of sulfonamides is 1. The molecule has 120 valence electrons. The standard InChI is InChI=1S/C15H14N3O4S/c19-18(20)13-5-6-14-15(9-13)23(21,22)17-10-12-4-2-1-3-11(12)7-8-16(14)17/h1-6,9,19H,7-8,10H2/q-1. The molecular formula is C15H14N3O4S-. The smallest absolute Gasteiger partial charge is 0.262 e. The predicted molar refractivity (Wildman–Crippen MR) is 84.3 cm³/mol. The second-order valence-electron chi connectivity index (χ2n) is 5.55. The summed E-state index contributed by atoms with van der Waals surface area (Å²) in [5.74, 6) is 0. The Morgan fingerprint density at radius 1 is 1.13 bits per heavy atom. The summed E-state index contributed by atoms with van der Waals surface area (Å²) in [6.07, 6.45) is 0.733. The van der Waals surface area contributed by atoms with Gasteiger partial charge in [-0.1, -0.05) is 24.3 Å². The normalized spacial score (nSPS) is 18.8. The van der Waals surface area contributed by atoms with Gasteiger partial charge in [0, 0.05) is 6.54 Å². The predicted octanol–water partition coefficient (Wildman–Crippen LogP) is 1.86. The second-order valence-corrected chi connectivity index (χ2v) is 7.36. The lowest BCUT2D eigenvalue weighted by Gasteiger charge is -2.26. The van der Waals surface area contributed by atoms with Gasteiger partial charge >= 0.3 is 0 Å². The van der Waals surface area contributed by atoms with Crippen molar-refractivity contribution in [1.29, 1.82) is 0 Å². The largest absolute Gasteiger partial charge is 0.733 e. The first-order chi connectivity index (χ1) is 11.0. The summed E-state index contributed by atoms with van der Waals surface area (Å²) < 4.78 is 27.0. The summed E-state index contributed by atoms with van der Waals surface area (Å²) in [5, 5.41) is 21.4. The van der Waals surface area contributed by atoms with E-state index in [4.69, 9.17) is 5.21 Å². The van der Waals surface area contributed by atoms with Crippen molar-refractivity contribution < 1.29 is 13.6 Å². The summed E-state index contributed by atoms with van der Waals surface area (Å²) in [6, 6.07) is 11.9. The van der Waals surface area contributed by atoms with Gasteiger partial charge in [-0.05, 0) is 35.7 Å². The maximum atomic E-state index is 12.8. The average molecular weight is 332 g/mol. The summed E-state index contributed by atoms with van der Waals surface area (Å²) in [4.78, 5) is 0.0456. The highest BCUT2D eigenvalue weighted by molar-refractivity contribution is 7.89.